The van der Waals surface area contributed by atoms with Crippen molar-refractivity contribution >= 4 is 5.69 Å². The van der Waals surface area contributed by atoms with Gasteiger partial charge in [-0.2, -0.15) is 0 Å². The number of halogens is 1. The highest BCUT2D eigenvalue weighted by Gasteiger charge is 2.20. The van der Waals surface area contributed by atoms with Gasteiger partial charge in [0.2, 0.25) is 5.75 Å². The van der Waals surface area contributed by atoms with E-state index in [4.69, 9.17) is 5.11 Å². The van der Waals surface area contributed by atoms with E-state index < -0.39 is 28.8 Å². The maximum absolute atomic E-state index is 13.1. The number of nitrogens with zero attached hydrogens (tertiary/aromatic N) is 1. The van der Waals surface area contributed by atoms with E-state index in [0.717, 1.165) is 19.2 Å². The van der Waals surface area contributed by atoms with Crippen molar-refractivity contribution in [2.75, 3.05) is 7.11 Å². The quantitative estimate of drug-likeness (QED) is 0.589. The molecule has 1 aromatic rings. The number of aliphatic hydroxyl groups is 1. The molecule has 0 atom stereocenters. The molecule has 0 aliphatic heterocycles. The number of hydrogen-bond donors (Lipinski definition) is 1. The summed E-state index contributed by atoms with van der Waals surface area (Å²) in [6.07, 6.45) is 0. The third-order valence-corrected chi connectivity index (χ3v) is 1.67. The summed E-state index contributed by atoms with van der Waals surface area (Å²) in [6.45, 7) is -0.457. The van der Waals surface area contributed by atoms with Gasteiger partial charge in [0.15, 0.2) is 5.82 Å². The van der Waals surface area contributed by atoms with Gasteiger partial charge in [-0.1, -0.05) is 0 Å². The summed E-state index contributed by atoms with van der Waals surface area (Å²) in [4.78, 5) is 9.72. The van der Waals surface area contributed by atoms with E-state index in [1.165, 1.54) is 0 Å². The first-order chi connectivity index (χ1) is 6.60. The Hall–Kier alpha value is -1.69. The molecule has 1 aromatic carbocycles. The number of methoxy groups -OCH3 is 1. The van der Waals surface area contributed by atoms with Crippen LogP contribution in [-0.2, 0) is 6.61 Å². The van der Waals surface area contributed by atoms with Crippen molar-refractivity contribution in [3.05, 3.63) is 33.6 Å². The van der Waals surface area contributed by atoms with Crippen molar-refractivity contribution < 1.29 is 19.2 Å². The molecule has 0 bridgehead atoms. The van der Waals surface area contributed by atoms with E-state index in [9.17, 15) is 14.5 Å². The van der Waals surface area contributed by atoms with Gasteiger partial charge in [0.05, 0.1) is 18.6 Å². The van der Waals surface area contributed by atoms with Crippen LogP contribution < -0.4 is 4.74 Å². The maximum Gasteiger partial charge on any atom is 0.314 e. The van der Waals surface area contributed by atoms with E-state index in [-0.39, 0.29) is 5.56 Å². The molecule has 14 heavy (non-hydrogen) atoms. The number of nitro groups is 1. The first-order valence-corrected chi connectivity index (χ1v) is 3.71. The molecule has 0 amide bonds. The van der Waals surface area contributed by atoms with Crippen LogP contribution in [0.3, 0.4) is 0 Å². The van der Waals surface area contributed by atoms with Crippen LogP contribution in [0.1, 0.15) is 5.56 Å². The van der Waals surface area contributed by atoms with Crippen molar-refractivity contribution in [2.45, 2.75) is 6.61 Å². The smallest absolute Gasteiger partial charge is 0.314 e. The average Bonchev–Trinajstić information content (AvgIpc) is 2.16. The van der Waals surface area contributed by atoms with Crippen molar-refractivity contribution in [2.24, 2.45) is 0 Å². The van der Waals surface area contributed by atoms with Gasteiger partial charge in [-0.25, -0.2) is 4.39 Å². The Morgan fingerprint density at radius 1 is 1.64 bits per heavy atom. The second kappa shape index (κ2) is 4.01. The first kappa shape index (κ1) is 10.4. The molecule has 6 heteroatoms. The van der Waals surface area contributed by atoms with Crippen LogP contribution in [0.4, 0.5) is 10.1 Å². The Balaban J connectivity index is 3.35. The fourth-order valence-electron chi connectivity index (χ4n) is 1.06. The number of aliphatic hydroxyl groups excluding tert-OH is 1. The molecule has 0 heterocycles. The number of hydrogen-bond acceptors (Lipinski definition) is 4. The third-order valence-electron chi connectivity index (χ3n) is 1.67. The number of benzene rings is 1. The highest BCUT2D eigenvalue weighted by atomic mass is 19.1. The number of nitro benzene ring substituents is 1. The van der Waals surface area contributed by atoms with Crippen molar-refractivity contribution in [1.29, 1.82) is 0 Å². The minimum absolute atomic E-state index is 0.134. The van der Waals surface area contributed by atoms with Gasteiger partial charge in [-0.3, -0.25) is 10.1 Å². The van der Waals surface area contributed by atoms with Gasteiger partial charge in [-0.15, -0.1) is 0 Å². The first-order valence-electron chi connectivity index (χ1n) is 3.71. The minimum atomic E-state index is -0.856. The SMILES string of the molecule is COc1c(F)cc(CO)cc1[N+](=O)[O-]. The second-order valence-electron chi connectivity index (χ2n) is 2.55. The van der Waals surface area contributed by atoms with Gasteiger partial charge in [0, 0.05) is 6.07 Å². The van der Waals surface area contributed by atoms with Gasteiger partial charge >= 0.3 is 5.69 Å². The van der Waals surface area contributed by atoms with Gasteiger partial charge < -0.3 is 9.84 Å². The van der Waals surface area contributed by atoms with Gasteiger partial charge in [-0.05, 0) is 11.6 Å². The monoisotopic (exact) mass is 201 g/mol. The maximum atomic E-state index is 13.1. The normalized spacial score (nSPS) is 9.93. The van der Waals surface area contributed by atoms with Gasteiger partial charge in [0.25, 0.3) is 0 Å². The minimum Gasteiger partial charge on any atom is -0.488 e. The summed E-state index contributed by atoms with van der Waals surface area (Å²) >= 11 is 0. The van der Waals surface area contributed by atoms with Crippen LogP contribution in [0, 0.1) is 15.9 Å². The number of rotatable bonds is 3. The van der Waals surface area contributed by atoms with E-state index in [0.29, 0.717) is 0 Å². The molecule has 0 radical (unpaired) electrons. The Kier molecular flexibility index (Phi) is 2.98. The molecule has 0 aliphatic carbocycles. The van der Waals surface area contributed by atoms with Crippen LogP contribution in [0.5, 0.6) is 5.75 Å². The molecule has 0 saturated carbocycles. The third kappa shape index (κ3) is 1.80. The summed E-state index contributed by atoms with van der Waals surface area (Å²) in [5, 5.41) is 19.2. The summed E-state index contributed by atoms with van der Waals surface area (Å²) < 4.78 is 17.7. The standard InChI is InChI=1S/C8H8FNO4/c1-14-8-6(9)2-5(4-11)3-7(8)10(12)13/h2-3,11H,4H2,1H3. The zero-order valence-corrected chi connectivity index (χ0v) is 7.36. The molecular weight excluding hydrogens is 193 g/mol. The van der Waals surface area contributed by atoms with Crippen molar-refractivity contribution in [3.8, 4) is 5.75 Å². The van der Waals surface area contributed by atoms with Crippen molar-refractivity contribution in [1.82, 2.24) is 0 Å². The van der Waals surface area contributed by atoms with Gasteiger partial charge in [0.1, 0.15) is 0 Å². The predicted octanol–water partition coefficient (Wildman–Crippen LogP) is 1.23. The lowest BCUT2D eigenvalue weighted by molar-refractivity contribution is -0.386. The summed E-state index contributed by atoms with van der Waals surface area (Å²) in [6, 6.07) is 2.06. The lowest BCUT2D eigenvalue weighted by Crippen LogP contribution is -1.98. The summed E-state index contributed by atoms with van der Waals surface area (Å²) in [7, 11) is 1.14. The Morgan fingerprint density at radius 2 is 2.29 bits per heavy atom. The van der Waals surface area contributed by atoms with Crippen molar-refractivity contribution in [3.63, 3.8) is 0 Å². The molecule has 1 rings (SSSR count). The molecule has 76 valence electrons. The molecule has 0 saturated heterocycles. The van der Waals surface area contributed by atoms with E-state index in [2.05, 4.69) is 4.74 Å². The Morgan fingerprint density at radius 3 is 2.71 bits per heavy atom. The molecule has 0 aliphatic rings. The van der Waals surface area contributed by atoms with Crippen LogP contribution in [-0.4, -0.2) is 17.1 Å². The largest absolute Gasteiger partial charge is 0.488 e. The van der Waals surface area contributed by atoms with Crippen LogP contribution >= 0.6 is 0 Å². The van der Waals surface area contributed by atoms with E-state index in [1.54, 1.807) is 0 Å². The Labute approximate surface area is 78.9 Å². The van der Waals surface area contributed by atoms with Crippen LogP contribution in [0.2, 0.25) is 0 Å². The average molecular weight is 201 g/mol. The van der Waals surface area contributed by atoms with Crippen LogP contribution in [0.15, 0.2) is 12.1 Å². The second-order valence-corrected chi connectivity index (χ2v) is 2.55. The van der Waals surface area contributed by atoms with E-state index in [1.807, 2.05) is 0 Å². The molecule has 0 fully saturated rings. The highest BCUT2D eigenvalue weighted by Crippen LogP contribution is 2.30. The van der Waals surface area contributed by atoms with E-state index >= 15 is 0 Å². The Bertz CT molecular complexity index is 367. The molecule has 0 unspecified atom stereocenters. The zero-order chi connectivity index (χ0) is 10.7. The topological polar surface area (TPSA) is 72.6 Å². The fourth-order valence-corrected chi connectivity index (χ4v) is 1.06. The molecule has 0 spiro atoms. The predicted molar refractivity (Wildman–Crippen MR) is 45.5 cm³/mol. The molecule has 5 nitrogen and oxygen atoms in total. The highest BCUT2D eigenvalue weighted by molar-refractivity contribution is 5.49. The molecule has 0 aromatic heterocycles. The molecular formula is C8H8FNO4. The summed E-state index contributed by atoms with van der Waals surface area (Å²) in [5.74, 6) is -1.28. The lowest BCUT2D eigenvalue weighted by atomic mass is 10.2. The fraction of sp³-hybridized carbons (Fsp3) is 0.250. The summed E-state index contributed by atoms with van der Waals surface area (Å²) in [5.41, 5.74) is -0.355. The zero-order valence-electron chi connectivity index (χ0n) is 7.36. The van der Waals surface area contributed by atoms with Crippen LogP contribution in [0.25, 0.3) is 0 Å². The molecule has 1 N–H and O–H groups in total. The number of ether oxygens (including phenoxy) is 1. The lowest BCUT2D eigenvalue weighted by Gasteiger charge is -2.04.